The number of ether oxygens (including phenoxy) is 2. The molecule has 29 heavy (non-hydrogen) atoms. The number of carbonyl (C=O) groups excluding carboxylic acids is 1. The Balaban J connectivity index is 1.94. The SMILES string of the molecule is CNC(CCc1cccc(Oc2ccc(C(F)(F)F)cc2)c1)OC(=O)NC(C)Cl. The lowest BCUT2D eigenvalue weighted by molar-refractivity contribution is -0.137. The van der Waals surface area contributed by atoms with Crippen molar-refractivity contribution < 1.29 is 27.4 Å². The van der Waals surface area contributed by atoms with Crippen molar-refractivity contribution in [2.75, 3.05) is 7.05 Å². The zero-order chi connectivity index (χ0) is 21.4. The van der Waals surface area contributed by atoms with Crippen LogP contribution in [0.5, 0.6) is 11.5 Å². The number of benzene rings is 2. The van der Waals surface area contributed by atoms with Gasteiger partial charge in [0, 0.05) is 6.42 Å². The van der Waals surface area contributed by atoms with Gasteiger partial charge in [0.15, 0.2) is 6.23 Å². The molecule has 9 heteroatoms. The van der Waals surface area contributed by atoms with Gasteiger partial charge in [-0.3, -0.25) is 5.32 Å². The fraction of sp³-hybridized carbons (Fsp3) is 0.350. The van der Waals surface area contributed by atoms with Crippen molar-refractivity contribution in [1.82, 2.24) is 10.6 Å². The average Bonchev–Trinajstić information content (AvgIpc) is 2.64. The van der Waals surface area contributed by atoms with Crippen LogP contribution in [0.3, 0.4) is 0 Å². The van der Waals surface area contributed by atoms with Crippen LogP contribution in [0, 0.1) is 0 Å². The number of hydrogen-bond acceptors (Lipinski definition) is 4. The van der Waals surface area contributed by atoms with Crippen LogP contribution < -0.4 is 15.4 Å². The van der Waals surface area contributed by atoms with Gasteiger partial charge in [-0.05, 0) is 62.4 Å². The molecule has 2 unspecified atom stereocenters. The predicted molar refractivity (Wildman–Crippen MR) is 104 cm³/mol. The maximum atomic E-state index is 12.6. The van der Waals surface area contributed by atoms with Crippen LogP contribution in [0.4, 0.5) is 18.0 Å². The third kappa shape index (κ3) is 7.83. The Morgan fingerprint density at radius 3 is 2.41 bits per heavy atom. The summed E-state index contributed by atoms with van der Waals surface area (Å²) in [5.74, 6) is 0.802. The van der Waals surface area contributed by atoms with Crippen LogP contribution in [0.25, 0.3) is 0 Å². The molecule has 0 saturated heterocycles. The topological polar surface area (TPSA) is 59.6 Å². The summed E-state index contributed by atoms with van der Waals surface area (Å²) in [5, 5.41) is 5.33. The first-order valence-corrected chi connectivity index (χ1v) is 9.33. The fourth-order valence-corrected chi connectivity index (χ4v) is 2.59. The molecule has 2 rings (SSSR count). The van der Waals surface area contributed by atoms with Gasteiger partial charge in [-0.1, -0.05) is 23.7 Å². The molecule has 0 heterocycles. The van der Waals surface area contributed by atoms with E-state index in [9.17, 15) is 18.0 Å². The highest BCUT2D eigenvalue weighted by atomic mass is 35.5. The maximum absolute atomic E-state index is 12.6. The van der Waals surface area contributed by atoms with Gasteiger partial charge in [0.05, 0.1) is 5.56 Å². The second-order valence-electron chi connectivity index (χ2n) is 6.25. The molecule has 0 aliphatic heterocycles. The molecule has 0 bridgehead atoms. The fourth-order valence-electron chi connectivity index (χ4n) is 2.50. The molecule has 0 aliphatic rings. The number of hydrogen-bond donors (Lipinski definition) is 2. The Kier molecular flexibility index (Phi) is 8.16. The van der Waals surface area contributed by atoms with Gasteiger partial charge in [0.2, 0.25) is 0 Å². The van der Waals surface area contributed by atoms with Crippen LogP contribution in [0.1, 0.15) is 24.5 Å². The molecule has 2 N–H and O–H groups in total. The molecule has 5 nitrogen and oxygen atoms in total. The van der Waals surface area contributed by atoms with E-state index in [1.165, 1.54) is 12.1 Å². The van der Waals surface area contributed by atoms with Gasteiger partial charge in [0.25, 0.3) is 0 Å². The van der Waals surface area contributed by atoms with Crippen molar-refractivity contribution >= 4 is 17.7 Å². The standard InChI is InChI=1S/C20H22ClF3N2O3/c1-13(21)26-19(27)29-18(25-2)11-6-14-4-3-5-17(12-14)28-16-9-7-15(8-10-16)20(22,23)24/h3-5,7-10,12-13,18,25H,6,11H2,1-2H3,(H,26,27). The van der Waals surface area contributed by atoms with Gasteiger partial charge >= 0.3 is 12.3 Å². The molecule has 2 atom stereocenters. The van der Waals surface area contributed by atoms with Crippen molar-refractivity contribution in [1.29, 1.82) is 0 Å². The van der Waals surface area contributed by atoms with E-state index in [1.807, 2.05) is 6.07 Å². The summed E-state index contributed by atoms with van der Waals surface area (Å²) in [7, 11) is 1.67. The van der Waals surface area contributed by atoms with E-state index in [-0.39, 0.29) is 0 Å². The summed E-state index contributed by atoms with van der Waals surface area (Å²) in [4.78, 5) is 11.6. The van der Waals surface area contributed by atoms with E-state index < -0.39 is 29.6 Å². The Bertz CT molecular complexity index is 798. The van der Waals surface area contributed by atoms with Gasteiger partial charge < -0.3 is 14.8 Å². The predicted octanol–water partition coefficient (Wildman–Crippen LogP) is 5.29. The second-order valence-corrected chi connectivity index (χ2v) is 6.91. The Morgan fingerprint density at radius 1 is 1.14 bits per heavy atom. The van der Waals surface area contributed by atoms with Crippen molar-refractivity contribution in [3.8, 4) is 11.5 Å². The summed E-state index contributed by atoms with van der Waals surface area (Å²) in [6.07, 6.45) is -4.43. The summed E-state index contributed by atoms with van der Waals surface area (Å²) < 4.78 is 48.8. The number of aryl methyl sites for hydroxylation is 1. The minimum Gasteiger partial charge on any atom is -0.457 e. The second kappa shape index (κ2) is 10.4. The first kappa shape index (κ1) is 22.8. The minimum absolute atomic E-state index is 0.304. The lowest BCUT2D eigenvalue weighted by Crippen LogP contribution is -2.38. The van der Waals surface area contributed by atoms with E-state index in [1.54, 1.807) is 32.2 Å². The van der Waals surface area contributed by atoms with E-state index in [0.29, 0.717) is 24.3 Å². The van der Waals surface area contributed by atoms with Crippen molar-refractivity contribution in [2.45, 2.75) is 37.7 Å². The van der Waals surface area contributed by atoms with E-state index >= 15 is 0 Å². The van der Waals surface area contributed by atoms with Gasteiger partial charge in [-0.2, -0.15) is 13.2 Å². The molecule has 0 saturated carbocycles. The molecule has 0 fully saturated rings. The van der Waals surface area contributed by atoms with Crippen molar-refractivity contribution in [2.24, 2.45) is 0 Å². The normalized spacial score (nSPS) is 13.4. The molecule has 0 aromatic heterocycles. The first-order chi connectivity index (χ1) is 13.7. The molecule has 2 aromatic rings. The average molecular weight is 431 g/mol. The summed E-state index contributed by atoms with van der Waals surface area (Å²) in [5.41, 5.74) is -0.354. The molecule has 0 aliphatic carbocycles. The zero-order valence-electron chi connectivity index (χ0n) is 15.9. The summed E-state index contributed by atoms with van der Waals surface area (Å²) >= 11 is 5.69. The number of amides is 1. The third-order valence-corrected chi connectivity index (χ3v) is 4.01. The molecule has 158 valence electrons. The largest absolute Gasteiger partial charge is 0.457 e. The van der Waals surface area contributed by atoms with Crippen molar-refractivity contribution in [3.63, 3.8) is 0 Å². The Morgan fingerprint density at radius 2 is 1.83 bits per heavy atom. The number of alkyl carbamates (subject to hydrolysis) is 1. The number of alkyl halides is 4. The van der Waals surface area contributed by atoms with Crippen LogP contribution >= 0.6 is 11.6 Å². The highest BCUT2D eigenvalue weighted by Gasteiger charge is 2.30. The number of rotatable bonds is 8. The van der Waals surface area contributed by atoms with E-state index in [0.717, 1.165) is 17.7 Å². The Labute approximate surface area is 172 Å². The van der Waals surface area contributed by atoms with E-state index in [4.69, 9.17) is 21.1 Å². The molecular weight excluding hydrogens is 409 g/mol. The van der Waals surface area contributed by atoms with Crippen LogP contribution in [-0.4, -0.2) is 24.9 Å². The summed E-state index contributed by atoms with van der Waals surface area (Å²) in [6.45, 7) is 1.61. The third-order valence-electron chi connectivity index (χ3n) is 3.90. The maximum Gasteiger partial charge on any atom is 0.416 e. The van der Waals surface area contributed by atoms with Gasteiger partial charge in [-0.15, -0.1) is 0 Å². The lowest BCUT2D eigenvalue weighted by Gasteiger charge is -2.18. The first-order valence-electron chi connectivity index (χ1n) is 8.90. The number of halogens is 4. The quantitative estimate of drug-likeness (QED) is 0.339. The molecule has 1 amide bonds. The molecule has 2 aromatic carbocycles. The summed E-state index contributed by atoms with van der Waals surface area (Å²) in [6, 6.07) is 11.7. The highest BCUT2D eigenvalue weighted by molar-refractivity contribution is 6.20. The zero-order valence-corrected chi connectivity index (χ0v) is 16.7. The van der Waals surface area contributed by atoms with Crippen molar-refractivity contribution in [3.05, 3.63) is 59.7 Å². The van der Waals surface area contributed by atoms with Crippen LogP contribution in [0.15, 0.2) is 48.5 Å². The Hall–Kier alpha value is -2.45. The minimum atomic E-state index is -4.39. The smallest absolute Gasteiger partial charge is 0.416 e. The monoisotopic (exact) mass is 430 g/mol. The van der Waals surface area contributed by atoms with E-state index in [2.05, 4.69) is 10.6 Å². The number of nitrogens with one attached hydrogen (secondary N) is 2. The molecule has 0 radical (unpaired) electrons. The van der Waals surface area contributed by atoms with Gasteiger partial charge in [0.1, 0.15) is 17.0 Å². The van der Waals surface area contributed by atoms with Crippen LogP contribution in [0.2, 0.25) is 0 Å². The lowest BCUT2D eigenvalue weighted by atomic mass is 10.1. The molecular formula is C20H22ClF3N2O3. The number of carbonyl (C=O) groups is 1. The van der Waals surface area contributed by atoms with Crippen LogP contribution in [-0.2, 0) is 17.3 Å². The molecule has 0 spiro atoms. The highest BCUT2D eigenvalue weighted by Crippen LogP contribution is 2.31. The van der Waals surface area contributed by atoms with Gasteiger partial charge in [-0.25, -0.2) is 4.79 Å².